The molecule has 0 aliphatic carbocycles. The number of amides is 3. The molecule has 1 N–H and O–H groups in total. The number of nitrogens with one attached hydrogen (secondary N) is 1. The Morgan fingerprint density at radius 2 is 2.00 bits per heavy atom. The Kier molecular flexibility index (Phi) is 6.06. The number of nitrogens with zero attached hydrogens (tertiary/aromatic N) is 2. The summed E-state index contributed by atoms with van der Waals surface area (Å²) in [6.45, 7) is 0.511. The summed E-state index contributed by atoms with van der Waals surface area (Å²) in [6, 6.07) is 2.20. The van der Waals surface area contributed by atoms with Crippen LogP contribution in [0.3, 0.4) is 0 Å². The second-order valence-electron chi connectivity index (χ2n) is 6.11. The van der Waals surface area contributed by atoms with E-state index in [1.807, 2.05) is 0 Å². The maximum absolute atomic E-state index is 13.5. The Hall–Kier alpha value is -2.51. The van der Waals surface area contributed by atoms with Gasteiger partial charge in [0.15, 0.2) is 0 Å². The van der Waals surface area contributed by atoms with Gasteiger partial charge in [0, 0.05) is 39.7 Å². The Morgan fingerprint density at radius 1 is 1.28 bits per heavy atom. The van der Waals surface area contributed by atoms with Crippen molar-refractivity contribution in [3.63, 3.8) is 0 Å². The molecule has 1 saturated heterocycles. The van der Waals surface area contributed by atoms with Crippen molar-refractivity contribution in [2.24, 2.45) is 0 Å². The molecular formula is C17H21F2N3O3. The van der Waals surface area contributed by atoms with Gasteiger partial charge in [-0.2, -0.15) is 0 Å². The number of benzene rings is 1. The van der Waals surface area contributed by atoms with Crippen LogP contribution in [0, 0.1) is 11.6 Å². The van der Waals surface area contributed by atoms with E-state index in [4.69, 9.17) is 0 Å². The fourth-order valence-electron chi connectivity index (χ4n) is 2.82. The lowest BCUT2D eigenvalue weighted by atomic mass is 10.2. The van der Waals surface area contributed by atoms with E-state index in [0.29, 0.717) is 19.0 Å². The van der Waals surface area contributed by atoms with E-state index in [0.717, 1.165) is 18.6 Å². The van der Waals surface area contributed by atoms with Gasteiger partial charge in [-0.15, -0.1) is 0 Å². The smallest absolute Gasteiger partial charge is 0.254 e. The molecule has 0 radical (unpaired) electrons. The van der Waals surface area contributed by atoms with E-state index >= 15 is 0 Å². The first kappa shape index (κ1) is 18.8. The zero-order chi connectivity index (χ0) is 18.6. The minimum absolute atomic E-state index is 0.00572. The topological polar surface area (TPSA) is 69.7 Å². The van der Waals surface area contributed by atoms with E-state index < -0.39 is 23.6 Å². The molecule has 25 heavy (non-hydrogen) atoms. The third-order valence-corrected chi connectivity index (χ3v) is 4.10. The minimum atomic E-state index is -0.958. The number of hydrogen-bond donors (Lipinski definition) is 1. The molecule has 0 bridgehead atoms. The van der Waals surface area contributed by atoms with Crippen molar-refractivity contribution < 1.29 is 23.2 Å². The van der Waals surface area contributed by atoms with E-state index in [1.54, 1.807) is 14.1 Å². The number of halogens is 2. The van der Waals surface area contributed by atoms with Crippen molar-refractivity contribution in [1.82, 2.24) is 15.1 Å². The molecule has 6 nitrogen and oxygen atoms in total. The van der Waals surface area contributed by atoms with Crippen LogP contribution < -0.4 is 5.32 Å². The molecule has 1 heterocycles. The van der Waals surface area contributed by atoms with E-state index in [9.17, 15) is 23.2 Å². The minimum Gasteiger partial charge on any atom is -0.351 e. The Labute approximate surface area is 144 Å². The highest BCUT2D eigenvalue weighted by Gasteiger charge is 2.34. The lowest BCUT2D eigenvalue weighted by Crippen LogP contribution is -2.46. The van der Waals surface area contributed by atoms with Crippen LogP contribution in [0.2, 0.25) is 0 Å². The van der Waals surface area contributed by atoms with Crippen molar-refractivity contribution in [3.05, 3.63) is 35.4 Å². The monoisotopic (exact) mass is 353 g/mol. The van der Waals surface area contributed by atoms with Gasteiger partial charge >= 0.3 is 0 Å². The molecule has 1 atom stereocenters. The molecule has 0 spiro atoms. The molecule has 1 aliphatic rings. The highest BCUT2D eigenvalue weighted by atomic mass is 19.1. The summed E-state index contributed by atoms with van der Waals surface area (Å²) in [5, 5.41) is 2.44. The predicted molar refractivity (Wildman–Crippen MR) is 86.7 cm³/mol. The normalized spacial score (nSPS) is 16.6. The molecule has 3 amide bonds. The van der Waals surface area contributed by atoms with Crippen molar-refractivity contribution in [1.29, 1.82) is 0 Å². The third-order valence-electron chi connectivity index (χ3n) is 4.10. The summed E-state index contributed by atoms with van der Waals surface area (Å²) in [5.74, 6) is -2.80. The van der Waals surface area contributed by atoms with Crippen LogP contribution in [0.1, 0.15) is 29.6 Å². The summed E-state index contributed by atoms with van der Waals surface area (Å²) < 4.78 is 26.4. The van der Waals surface area contributed by atoms with E-state index in [-0.39, 0.29) is 30.3 Å². The molecule has 136 valence electrons. The first-order valence-corrected chi connectivity index (χ1v) is 8.05. The molecule has 0 saturated carbocycles. The molecule has 1 aromatic rings. The van der Waals surface area contributed by atoms with Crippen molar-refractivity contribution in [3.8, 4) is 0 Å². The summed E-state index contributed by atoms with van der Waals surface area (Å²) in [4.78, 5) is 39.2. The SMILES string of the molecule is CN(C)C(=O)C1CCCN1C(=O)CCNC(=O)c1ccc(F)cc1F. The van der Waals surface area contributed by atoms with Gasteiger partial charge in [-0.25, -0.2) is 8.78 Å². The number of likely N-dealkylation sites (N-methyl/N-ethyl adjacent to an activating group) is 1. The molecular weight excluding hydrogens is 332 g/mol. The van der Waals surface area contributed by atoms with Crippen LogP contribution in [0.4, 0.5) is 8.78 Å². The Balaban J connectivity index is 1.87. The van der Waals surface area contributed by atoms with Crippen LogP contribution in [0.25, 0.3) is 0 Å². The highest BCUT2D eigenvalue weighted by Crippen LogP contribution is 2.19. The van der Waals surface area contributed by atoms with Gasteiger partial charge in [0.1, 0.15) is 17.7 Å². The molecule has 8 heteroatoms. The lowest BCUT2D eigenvalue weighted by molar-refractivity contribution is -0.142. The van der Waals surface area contributed by atoms with Crippen LogP contribution >= 0.6 is 0 Å². The van der Waals surface area contributed by atoms with Crippen molar-refractivity contribution in [2.75, 3.05) is 27.2 Å². The van der Waals surface area contributed by atoms with Gasteiger partial charge in [0.05, 0.1) is 5.56 Å². The van der Waals surface area contributed by atoms with Crippen LogP contribution in [0.5, 0.6) is 0 Å². The fraction of sp³-hybridized carbons (Fsp3) is 0.471. The maximum atomic E-state index is 13.5. The van der Waals surface area contributed by atoms with Gasteiger partial charge in [-0.1, -0.05) is 0 Å². The van der Waals surface area contributed by atoms with Gasteiger partial charge in [-0.3, -0.25) is 14.4 Å². The second-order valence-corrected chi connectivity index (χ2v) is 6.11. The zero-order valence-electron chi connectivity index (χ0n) is 14.2. The van der Waals surface area contributed by atoms with E-state index in [1.165, 1.54) is 9.80 Å². The van der Waals surface area contributed by atoms with Crippen LogP contribution in [-0.4, -0.2) is 60.7 Å². The summed E-state index contributed by atoms with van der Waals surface area (Å²) >= 11 is 0. The standard InChI is InChI=1S/C17H21F2N3O3/c1-21(2)17(25)14-4-3-9-22(14)15(23)7-8-20-16(24)12-6-5-11(18)10-13(12)19/h5-6,10,14H,3-4,7-9H2,1-2H3,(H,20,24). The summed E-state index contributed by atoms with van der Waals surface area (Å²) in [6.07, 6.45) is 1.38. The maximum Gasteiger partial charge on any atom is 0.254 e. The molecule has 2 rings (SSSR count). The lowest BCUT2D eigenvalue weighted by Gasteiger charge is -2.26. The number of carbonyl (C=O) groups excluding carboxylic acids is 3. The molecule has 1 unspecified atom stereocenters. The predicted octanol–water partition coefficient (Wildman–Crippen LogP) is 1.16. The van der Waals surface area contributed by atoms with Gasteiger partial charge in [-0.05, 0) is 25.0 Å². The third kappa shape index (κ3) is 4.52. The van der Waals surface area contributed by atoms with E-state index in [2.05, 4.69) is 5.32 Å². The summed E-state index contributed by atoms with van der Waals surface area (Å²) in [5.41, 5.74) is -0.282. The Morgan fingerprint density at radius 3 is 2.64 bits per heavy atom. The molecule has 1 aromatic carbocycles. The fourth-order valence-corrected chi connectivity index (χ4v) is 2.82. The van der Waals surface area contributed by atoms with Crippen LogP contribution in [-0.2, 0) is 9.59 Å². The zero-order valence-corrected chi connectivity index (χ0v) is 14.2. The van der Waals surface area contributed by atoms with Crippen molar-refractivity contribution in [2.45, 2.75) is 25.3 Å². The Bertz CT molecular complexity index is 679. The van der Waals surface area contributed by atoms with Gasteiger partial charge < -0.3 is 15.1 Å². The highest BCUT2D eigenvalue weighted by molar-refractivity contribution is 5.94. The number of rotatable bonds is 5. The molecule has 1 aliphatic heterocycles. The quantitative estimate of drug-likeness (QED) is 0.864. The first-order valence-electron chi connectivity index (χ1n) is 8.05. The number of hydrogen-bond acceptors (Lipinski definition) is 3. The molecule has 0 aromatic heterocycles. The van der Waals surface area contributed by atoms with Gasteiger partial charge in [0.2, 0.25) is 11.8 Å². The number of carbonyl (C=O) groups is 3. The first-order chi connectivity index (χ1) is 11.8. The summed E-state index contributed by atoms with van der Waals surface area (Å²) in [7, 11) is 3.28. The van der Waals surface area contributed by atoms with Gasteiger partial charge in [0.25, 0.3) is 5.91 Å². The number of likely N-dealkylation sites (tertiary alicyclic amines) is 1. The average molecular weight is 353 g/mol. The van der Waals surface area contributed by atoms with Crippen LogP contribution in [0.15, 0.2) is 18.2 Å². The average Bonchev–Trinajstić information content (AvgIpc) is 3.03. The molecule has 1 fully saturated rings. The largest absolute Gasteiger partial charge is 0.351 e. The second kappa shape index (κ2) is 8.04. The van der Waals surface area contributed by atoms with Crippen molar-refractivity contribution >= 4 is 17.7 Å².